The summed E-state index contributed by atoms with van der Waals surface area (Å²) in [6, 6.07) is 2.11. The molecule has 3 aromatic heterocycles. The fourth-order valence-electron chi connectivity index (χ4n) is 2.33. The van der Waals surface area contributed by atoms with Crippen molar-refractivity contribution < 1.29 is 9.53 Å². The molecule has 0 unspecified atom stereocenters. The molecular weight excluding hydrogens is 340 g/mol. The normalized spacial score (nSPS) is 11.0. The van der Waals surface area contributed by atoms with Gasteiger partial charge in [0.05, 0.1) is 23.9 Å². The number of nitrogens with zero attached hydrogens (tertiary/aromatic N) is 4. The zero-order valence-corrected chi connectivity index (χ0v) is 15.0. The van der Waals surface area contributed by atoms with Gasteiger partial charge in [-0.15, -0.1) is 11.3 Å². The van der Waals surface area contributed by atoms with Crippen LogP contribution >= 0.6 is 11.3 Å². The second-order valence-corrected chi connectivity index (χ2v) is 6.52. The van der Waals surface area contributed by atoms with Crippen molar-refractivity contribution in [1.82, 2.24) is 25.1 Å². The average Bonchev–Trinajstić information content (AvgIpc) is 3.22. The molecule has 0 radical (unpaired) electrons. The third-order valence-electron chi connectivity index (χ3n) is 3.56. The number of hydrogen-bond acceptors (Lipinski definition) is 7. The van der Waals surface area contributed by atoms with Crippen LogP contribution in [-0.4, -0.2) is 45.9 Å². The van der Waals surface area contributed by atoms with Crippen molar-refractivity contribution in [1.29, 1.82) is 0 Å². The van der Waals surface area contributed by atoms with Gasteiger partial charge in [0, 0.05) is 24.7 Å². The number of carbonyl (C=O) groups excluding carboxylic acids is 1. The molecular formula is C16H20N6O2S. The van der Waals surface area contributed by atoms with Crippen LogP contribution in [0, 0.1) is 0 Å². The van der Waals surface area contributed by atoms with Gasteiger partial charge in [-0.3, -0.25) is 9.48 Å². The van der Waals surface area contributed by atoms with Crippen LogP contribution < -0.4 is 10.6 Å². The van der Waals surface area contributed by atoms with E-state index < -0.39 is 0 Å². The summed E-state index contributed by atoms with van der Waals surface area (Å²) in [6.07, 6.45) is 5.96. The molecule has 2 N–H and O–H groups in total. The van der Waals surface area contributed by atoms with Crippen molar-refractivity contribution in [3.63, 3.8) is 0 Å². The molecule has 0 aliphatic carbocycles. The number of methoxy groups -OCH3 is 1. The predicted molar refractivity (Wildman–Crippen MR) is 97.2 cm³/mol. The zero-order chi connectivity index (χ0) is 17.6. The van der Waals surface area contributed by atoms with Crippen molar-refractivity contribution in [2.24, 2.45) is 0 Å². The minimum atomic E-state index is -0.110. The minimum Gasteiger partial charge on any atom is -0.383 e. The molecule has 0 atom stereocenters. The number of carbonyl (C=O) groups is 1. The summed E-state index contributed by atoms with van der Waals surface area (Å²) in [5, 5.41) is 11.2. The van der Waals surface area contributed by atoms with Crippen LogP contribution in [0.5, 0.6) is 0 Å². The molecule has 25 heavy (non-hydrogen) atoms. The van der Waals surface area contributed by atoms with Crippen LogP contribution in [0.1, 0.15) is 11.8 Å². The highest BCUT2D eigenvalue weighted by atomic mass is 32.1. The van der Waals surface area contributed by atoms with Gasteiger partial charge in [0.1, 0.15) is 23.5 Å². The number of fused-ring (bicyclic) bond motifs is 1. The Bertz CT molecular complexity index is 859. The van der Waals surface area contributed by atoms with E-state index >= 15 is 0 Å². The largest absolute Gasteiger partial charge is 0.383 e. The second kappa shape index (κ2) is 8.04. The lowest BCUT2D eigenvalue weighted by Gasteiger charge is -2.04. The molecule has 1 amide bonds. The van der Waals surface area contributed by atoms with Crippen LogP contribution in [0.25, 0.3) is 10.2 Å². The summed E-state index contributed by atoms with van der Waals surface area (Å²) in [7, 11) is 1.60. The van der Waals surface area contributed by atoms with Gasteiger partial charge in [0.15, 0.2) is 0 Å². The van der Waals surface area contributed by atoms with Crippen molar-refractivity contribution in [2.45, 2.75) is 19.9 Å². The summed E-state index contributed by atoms with van der Waals surface area (Å²) in [5.74, 6) is 0.631. The monoisotopic (exact) mass is 360 g/mol. The van der Waals surface area contributed by atoms with Crippen molar-refractivity contribution in [3.8, 4) is 0 Å². The number of aromatic nitrogens is 4. The number of hydrogen-bond donors (Lipinski definition) is 2. The first-order valence-electron chi connectivity index (χ1n) is 7.98. The number of amides is 1. The Morgan fingerprint density at radius 1 is 1.40 bits per heavy atom. The van der Waals surface area contributed by atoms with E-state index in [-0.39, 0.29) is 12.5 Å². The summed E-state index contributed by atoms with van der Waals surface area (Å²) >= 11 is 1.67. The number of nitrogens with one attached hydrogen (secondary N) is 2. The Morgan fingerprint density at radius 3 is 3.08 bits per heavy atom. The van der Waals surface area contributed by atoms with Crippen LogP contribution in [0.4, 0.5) is 11.5 Å². The number of rotatable bonds is 8. The van der Waals surface area contributed by atoms with E-state index in [9.17, 15) is 4.79 Å². The maximum atomic E-state index is 11.8. The van der Waals surface area contributed by atoms with Crippen LogP contribution in [-0.2, 0) is 22.5 Å². The Hall–Kier alpha value is -2.52. The van der Waals surface area contributed by atoms with Crippen LogP contribution in [0.15, 0.2) is 24.8 Å². The first kappa shape index (κ1) is 17.3. The summed E-state index contributed by atoms with van der Waals surface area (Å²) in [6.45, 7) is 3.25. The third kappa shape index (κ3) is 4.31. The van der Waals surface area contributed by atoms with Crippen LogP contribution in [0.3, 0.4) is 0 Å². The highest BCUT2D eigenvalue weighted by Gasteiger charge is 2.10. The zero-order valence-electron chi connectivity index (χ0n) is 14.2. The molecule has 0 aliphatic rings. The quantitative estimate of drug-likeness (QED) is 0.597. The number of thiophene rings is 1. The van der Waals surface area contributed by atoms with Gasteiger partial charge in [-0.1, -0.05) is 6.92 Å². The lowest BCUT2D eigenvalue weighted by atomic mass is 10.3. The predicted octanol–water partition coefficient (Wildman–Crippen LogP) is 1.96. The summed E-state index contributed by atoms with van der Waals surface area (Å²) in [4.78, 5) is 22.7. The molecule has 3 heterocycles. The van der Waals surface area contributed by atoms with Gasteiger partial charge in [0.2, 0.25) is 5.91 Å². The molecule has 132 valence electrons. The maximum Gasteiger partial charge on any atom is 0.241 e. The van der Waals surface area contributed by atoms with Gasteiger partial charge in [-0.05, 0) is 12.5 Å². The van der Waals surface area contributed by atoms with Crippen molar-refractivity contribution >= 4 is 39.0 Å². The topological polar surface area (TPSA) is 94.0 Å². The highest BCUT2D eigenvalue weighted by molar-refractivity contribution is 7.18. The van der Waals surface area contributed by atoms with E-state index in [2.05, 4.69) is 38.7 Å². The number of ether oxygens (including phenoxy) is 1. The average molecular weight is 360 g/mol. The Morgan fingerprint density at radius 2 is 2.28 bits per heavy atom. The van der Waals surface area contributed by atoms with E-state index in [0.717, 1.165) is 28.1 Å². The lowest BCUT2D eigenvalue weighted by molar-refractivity contribution is -0.122. The Kier molecular flexibility index (Phi) is 5.56. The molecule has 0 fully saturated rings. The van der Waals surface area contributed by atoms with Crippen molar-refractivity contribution in [2.75, 3.05) is 25.6 Å². The van der Waals surface area contributed by atoms with E-state index in [1.165, 1.54) is 4.88 Å². The van der Waals surface area contributed by atoms with Gasteiger partial charge in [0.25, 0.3) is 0 Å². The number of aryl methyl sites for hydroxylation is 1. The molecule has 3 rings (SSSR count). The Labute approximate surface area is 149 Å². The molecule has 0 aromatic carbocycles. The molecule has 0 saturated carbocycles. The molecule has 3 aromatic rings. The van der Waals surface area contributed by atoms with Crippen molar-refractivity contribution in [3.05, 3.63) is 29.7 Å². The van der Waals surface area contributed by atoms with E-state index in [4.69, 9.17) is 4.74 Å². The smallest absolute Gasteiger partial charge is 0.241 e. The second-order valence-electron chi connectivity index (χ2n) is 5.40. The summed E-state index contributed by atoms with van der Waals surface area (Å²) < 4.78 is 6.48. The van der Waals surface area contributed by atoms with E-state index in [0.29, 0.717) is 13.2 Å². The SMILES string of the molecule is CCc1cc2c(Nc3cnn(CC(=O)NCCOC)c3)ncnc2s1. The summed E-state index contributed by atoms with van der Waals surface area (Å²) in [5.41, 5.74) is 0.772. The highest BCUT2D eigenvalue weighted by Crippen LogP contribution is 2.29. The third-order valence-corrected chi connectivity index (χ3v) is 4.75. The standard InChI is InChI=1S/C16H20N6O2S/c1-3-12-6-13-15(18-10-19-16(13)25-12)21-11-7-20-22(8-11)9-14(23)17-4-5-24-2/h6-8,10H,3-5,9H2,1-2H3,(H,17,23)(H,18,19,21). The number of anilines is 2. The first-order valence-corrected chi connectivity index (χ1v) is 8.79. The molecule has 9 heteroatoms. The van der Waals surface area contributed by atoms with Gasteiger partial charge in [-0.2, -0.15) is 5.10 Å². The molecule has 8 nitrogen and oxygen atoms in total. The molecule has 0 bridgehead atoms. The fraction of sp³-hybridized carbons (Fsp3) is 0.375. The van der Waals surface area contributed by atoms with Gasteiger partial charge < -0.3 is 15.4 Å². The first-order chi connectivity index (χ1) is 12.2. The molecule has 0 saturated heterocycles. The Balaban J connectivity index is 1.67. The van der Waals surface area contributed by atoms with E-state index in [1.54, 1.807) is 41.8 Å². The fourth-order valence-corrected chi connectivity index (χ4v) is 3.26. The lowest BCUT2D eigenvalue weighted by Crippen LogP contribution is -2.30. The maximum absolute atomic E-state index is 11.8. The molecule has 0 aliphatic heterocycles. The van der Waals surface area contributed by atoms with E-state index in [1.807, 2.05) is 0 Å². The van der Waals surface area contributed by atoms with Gasteiger partial charge >= 0.3 is 0 Å². The van der Waals surface area contributed by atoms with Gasteiger partial charge in [-0.25, -0.2) is 9.97 Å². The molecule has 0 spiro atoms. The van der Waals surface area contributed by atoms with Crippen LogP contribution in [0.2, 0.25) is 0 Å². The minimum absolute atomic E-state index is 0.110.